The highest BCUT2D eigenvalue weighted by molar-refractivity contribution is 5.87. The maximum atomic E-state index is 11.4. The minimum atomic E-state index is -0.00176. The van der Waals surface area contributed by atoms with E-state index in [9.17, 15) is 4.79 Å². The lowest BCUT2D eigenvalue weighted by molar-refractivity contribution is -0.125. The van der Waals surface area contributed by atoms with Crippen LogP contribution in [-0.4, -0.2) is 18.5 Å². The topological polar surface area (TPSA) is 29.6 Å². The summed E-state index contributed by atoms with van der Waals surface area (Å²) in [5, 5.41) is 0. The highest BCUT2D eigenvalue weighted by atomic mass is 16.6. The average molecular weight is 154 g/mol. The van der Waals surface area contributed by atoms with E-state index in [1.165, 1.54) is 19.3 Å². The zero-order chi connectivity index (χ0) is 7.68. The van der Waals surface area contributed by atoms with E-state index in [1.807, 2.05) is 0 Å². The first-order valence-corrected chi connectivity index (χ1v) is 4.53. The van der Waals surface area contributed by atoms with E-state index < -0.39 is 0 Å². The molecule has 1 atom stereocenters. The van der Waals surface area contributed by atoms with Crippen molar-refractivity contribution in [2.45, 2.75) is 38.2 Å². The van der Waals surface area contributed by atoms with Crippen LogP contribution >= 0.6 is 0 Å². The van der Waals surface area contributed by atoms with Crippen molar-refractivity contribution in [2.75, 3.05) is 6.61 Å². The molecule has 0 spiro atoms. The van der Waals surface area contributed by atoms with Crippen molar-refractivity contribution in [3.05, 3.63) is 0 Å². The Labute approximate surface area is 66.9 Å². The molecule has 0 radical (unpaired) electrons. The third-order valence-corrected chi connectivity index (χ3v) is 2.66. The van der Waals surface area contributed by atoms with Gasteiger partial charge in [-0.25, -0.2) is 0 Å². The van der Waals surface area contributed by atoms with Gasteiger partial charge in [-0.2, -0.15) is 0 Å². The van der Waals surface area contributed by atoms with Crippen molar-refractivity contribution in [3.8, 4) is 0 Å². The van der Waals surface area contributed by atoms with E-state index >= 15 is 0 Å². The predicted octanol–water partition coefficient (Wildman–Crippen LogP) is 1.53. The van der Waals surface area contributed by atoms with Gasteiger partial charge in [0, 0.05) is 5.92 Å². The molecule has 0 aromatic carbocycles. The van der Waals surface area contributed by atoms with Gasteiger partial charge in [-0.15, -0.1) is 0 Å². The fraction of sp³-hybridized carbons (Fsp3) is 0.889. The highest BCUT2D eigenvalue weighted by Crippen LogP contribution is 2.28. The van der Waals surface area contributed by atoms with Gasteiger partial charge in [-0.3, -0.25) is 4.79 Å². The number of hydrogen-bond donors (Lipinski definition) is 0. The van der Waals surface area contributed by atoms with E-state index in [0.29, 0.717) is 18.3 Å². The van der Waals surface area contributed by atoms with Gasteiger partial charge in [0.15, 0.2) is 5.78 Å². The smallest absolute Gasteiger partial charge is 0.166 e. The van der Waals surface area contributed by atoms with Crippen LogP contribution in [0.1, 0.15) is 32.1 Å². The molecule has 2 aliphatic rings. The normalized spacial score (nSPS) is 31.8. The van der Waals surface area contributed by atoms with Crippen LogP contribution < -0.4 is 0 Å². The van der Waals surface area contributed by atoms with Gasteiger partial charge >= 0.3 is 0 Å². The van der Waals surface area contributed by atoms with Gasteiger partial charge in [-0.1, -0.05) is 19.3 Å². The summed E-state index contributed by atoms with van der Waals surface area (Å²) in [5.41, 5.74) is 0. The standard InChI is InChI=1S/C9H14O2/c10-9(8-6-11-8)7-4-2-1-3-5-7/h7-8H,1-6H2/t8-/m1/s1. The van der Waals surface area contributed by atoms with Gasteiger partial charge in [0.05, 0.1) is 6.61 Å². The molecule has 11 heavy (non-hydrogen) atoms. The third-order valence-electron chi connectivity index (χ3n) is 2.66. The van der Waals surface area contributed by atoms with Crippen LogP contribution in [0.2, 0.25) is 0 Å². The zero-order valence-electron chi connectivity index (χ0n) is 6.71. The van der Waals surface area contributed by atoms with Crippen molar-refractivity contribution < 1.29 is 9.53 Å². The Hall–Kier alpha value is -0.370. The summed E-state index contributed by atoms with van der Waals surface area (Å²) >= 11 is 0. The van der Waals surface area contributed by atoms with Gasteiger partial charge in [-0.05, 0) is 12.8 Å². The Morgan fingerprint density at radius 2 is 1.82 bits per heavy atom. The number of ether oxygens (including phenoxy) is 1. The fourth-order valence-electron chi connectivity index (χ4n) is 1.86. The van der Waals surface area contributed by atoms with Crippen molar-refractivity contribution in [1.82, 2.24) is 0 Å². The van der Waals surface area contributed by atoms with Crippen LogP contribution in [0.3, 0.4) is 0 Å². The molecule has 0 bridgehead atoms. The van der Waals surface area contributed by atoms with Crippen molar-refractivity contribution in [1.29, 1.82) is 0 Å². The van der Waals surface area contributed by atoms with E-state index in [4.69, 9.17) is 4.74 Å². The lowest BCUT2D eigenvalue weighted by Gasteiger charge is -2.18. The maximum Gasteiger partial charge on any atom is 0.166 e. The molecular weight excluding hydrogens is 140 g/mol. The molecule has 0 unspecified atom stereocenters. The number of carbonyl (C=O) groups excluding carboxylic acids is 1. The molecule has 1 heterocycles. The lowest BCUT2D eigenvalue weighted by atomic mass is 9.85. The lowest BCUT2D eigenvalue weighted by Crippen LogP contribution is -2.22. The number of hydrogen-bond acceptors (Lipinski definition) is 2. The van der Waals surface area contributed by atoms with Crippen LogP contribution in [0.4, 0.5) is 0 Å². The summed E-state index contributed by atoms with van der Waals surface area (Å²) in [7, 11) is 0. The molecule has 1 aliphatic carbocycles. The quantitative estimate of drug-likeness (QED) is 0.564. The molecule has 0 N–H and O–H groups in total. The monoisotopic (exact) mass is 154 g/mol. The minimum absolute atomic E-state index is 0.00176. The second-order valence-electron chi connectivity index (χ2n) is 3.56. The Balaban J connectivity index is 1.86. The fourth-order valence-corrected chi connectivity index (χ4v) is 1.86. The summed E-state index contributed by atoms with van der Waals surface area (Å²) in [5.74, 6) is 0.723. The zero-order valence-corrected chi connectivity index (χ0v) is 6.71. The van der Waals surface area contributed by atoms with E-state index in [1.54, 1.807) is 0 Å². The molecular formula is C9H14O2. The van der Waals surface area contributed by atoms with Crippen molar-refractivity contribution in [2.24, 2.45) is 5.92 Å². The summed E-state index contributed by atoms with van der Waals surface area (Å²) in [6.07, 6.45) is 6.01. The van der Waals surface area contributed by atoms with Crippen LogP contribution in [0, 0.1) is 5.92 Å². The largest absolute Gasteiger partial charge is 0.365 e. The van der Waals surface area contributed by atoms with Crippen molar-refractivity contribution in [3.63, 3.8) is 0 Å². The predicted molar refractivity (Wildman–Crippen MR) is 41.3 cm³/mol. The Morgan fingerprint density at radius 1 is 1.18 bits per heavy atom. The van der Waals surface area contributed by atoms with Gasteiger partial charge in [0.2, 0.25) is 0 Å². The second-order valence-corrected chi connectivity index (χ2v) is 3.56. The maximum absolute atomic E-state index is 11.4. The Bertz CT molecular complexity index is 155. The summed E-state index contributed by atoms with van der Waals surface area (Å²) in [6, 6.07) is 0. The highest BCUT2D eigenvalue weighted by Gasteiger charge is 2.36. The second kappa shape index (κ2) is 2.94. The molecule has 0 aromatic rings. The number of Topliss-reactive ketones (excluding diaryl/α,β-unsaturated/α-hetero) is 1. The SMILES string of the molecule is O=C(C1CCCCC1)[C@H]1CO1. The molecule has 2 fully saturated rings. The first-order chi connectivity index (χ1) is 5.38. The van der Waals surface area contributed by atoms with E-state index in [2.05, 4.69) is 0 Å². The Morgan fingerprint density at radius 3 is 2.36 bits per heavy atom. The van der Waals surface area contributed by atoms with E-state index in [0.717, 1.165) is 12.8 Å². The number of rotatable bonds is 2. The first-order valence-electron chi connectivity index (χ1n) is 4.53. The first kappa shape index (κ1) is 7.29. The summed E-state index contributed by atoms with van der Waals surface area (Å²) < 4.78 is 4.97. The minimum Gasteiger partial charge on any atom is -0.365 e. The molecule has 0 amide bonds. The molecule has 2 heteroatoms. The third kappa shape index (κ3) is 1.62. The summed E-state index contributed by atoms with van der Waals surface area (Å²) in [6.45, 7) is 0.690. The molecule has 1 saturated carbocycles. The van der Waals surface area contributed by atoms with Crippen LogP contribution in [0.15, 0.2) is 0 Å². The van der Waals surface area contributed by atoms with Gasteiger partial charge < -0.3 is 4.74 Å². The van der Waals surface area contributed by atoms with Crippen molar-refractivity contribution >= 4 is 5.78 Å². The molecule has 62 valence electrons. The number of epoxide rings is 1. The van der Waals surface area contributed by atoms with E-state index in [-0.39, 0.29) is 6.10 Å². The molecule has 2 rings (SSSR count). The molecule has 2 nitrogen and oxygen atoms in total. The summed E-state index contributed by atoms with van der Waals surface area (Å²) in [4.78, 5) is 11.4. The Kier molecular flexibility index (Phi) is 1.95. The number of ketones is 1. The van der Waals surface area contributed by atoms with Crippen LogP contribution in [0.5, 0.6) is 0 Å². The average Bonchev–Trinajstić information content (AvgIpc) is 2.87. The number of carbonyl (C=O) groups is 1. The molecule has 1 aliphatic heterocycles. The van der Waals surface area contributed by atoms with Gasteiger partial charge in [0.1, 0.15) is 6.10 Å². The van der Waals surface area contributed by atoms with Crippen LogP contribution in [-0.2, 0) is 9.53 Å². The molecule has 1 saturated heterocycles. The molecule has 0 aromatic heterocycles. The van der Waals surface area contributed by atoms with Gasteiger partial charge in [0.25, 0.3) is 0 Å². The van der Waals surface area contributed by atoms with Crippen LogP contribution in [0.25, 0.3) is 0 Å².